The summed E-state index contributed by atoms with van der Waals surface area (Å²) < 4.78 is 33.3. The van der Waals surface area contributed by atoms with Crippen molar-refractivity contribution in [3.8, 4) is 5.75 Å². The van der Waals surface area contributed by atoms with Crippen molar-refractivity contribution in [2.45, 2.75) is 37.1 Å². The summed E-state index contributed by atoms with van der Waals surface area (Å²) in [6, 6.07) is 15.4. The minimum absolute atomic E-state index is 0.183. The van der Waals surface area contributed by atoms with Gasteiger partial charge in [-0.25, -0.2) is 8.42 Å². The number of carbonyl (C=O) groups excluding carboxylic acids is 1. The number of piperidine rings is 1. The number of likely N-dealkylation sites (N-methyl/N-ethyl adjacent to an activating group) is 1. The Morgan fingerprint density at radius 2 is 1.90 bits per heavy atom. The Kier molecular flexibility index (Phi) is 6.92. The van der Waals surface area contributed by atoms with E-state index in [1.165, 1.54) is 4.31 Å². The van der Waals surface area contributed by atoms with Crippen LogP contribution < -0.4 is 4.74 Å². The number of aryl methyl sites for hydroxylation is 1. The largest absolute Gasteiger partial charge is 0.492 e. The number of sulfonamides is 1. The predicted octanol–water partition coefficient (Wildman–Crippen LogP) is 3.08. The quantitative estimate of drug-likeness (QED) is 0.696. The summed E-state index contributed by atoms with van der Waals surface area (Å²) in [7, 11) is -2.01. The van der Waals surface area contributed by atoms with Gasteiger partial charge in [-0.05, 0) is 49.6 Å². The van der Waals surface area contributed by atoms with Crippen LogP contribution in [0.2, 0.25) is 0 Å². The zero-order valence-corrected chi connectivity index (χ0v) is 17.8. The topological polar surface area (TPSA) is 66.9 Å². The molecule has 1 amide bonds. The summed E-state index contributed by atoms with van der Waals surface area (Å²) in [5, 5.41) is 0. The molecule has 29 heavy (non-hydrogen) atoms. The van der Waals surface area contributed by atoms with Crippen molar-refractivity contribution in [2.24, 2.45) is 0 Å². The van der Waals surface area contributed by atoms with Crippen molar-refractivity contribution in [3.05, 3.63) is 60.2 Å². The highest BCUT2D eigenvalue weighted by molar-refractivity contribution is 7.89. The van der Waals surface area contributed by atoms with E-state index >= 15 is 0 Å². The van der Waals surface area contributed by atoms with Gasteiger partial charge in [-0.2, -0.15) is 4.31 Å². The maximum absolute atomic E-state index is 13.1. The fourth-order valence-corrected chi connectivity index (χ4v) is 5.21. The van der Waals surface area contributed by atoms with Crippen molar-refractivity contribution < 1.29 is 17.9 Å². The van der Waals surface area contributed by atoms with Crippen LogP contribution in [0, 0.1) is 6.92 Å². The molecule has 0 aromatic heterocycles. The molecule has 7 heteroatoms. The first-order valence-corrected chi connectivity index (χ1v) is 11.3. The van der Waals surface area contributed by atoms with E-state index in [0.717, 1.165) is 24.2 Å². The molecule has 1 saturated heterocycles. The minimum Gasteiger partial charge on any atom is -0.492 e. The molecule has 2 aromatic rings. The summed E-state index contributed by atoms with van der Waals surface area (Å²) in [5.41, 5.74) is 1.11. The lowest BCUT2D eigenvalue weighted by Crippen LogP contribution is -2.52. The summed E-state index contributed by atoms with van der Waals surface area (Å²) >= 11 is 0. The summed E-state index contributed by atoms with van der Waals surface area (Å²) in [5.74, 6) is 0.578. The van der Waals surface area contributed by atoms with Crippen LogP contribution in [0.5, 0.6) is 5.75 Å². The molecule has 0 N–H and O–H groups in total. The fourth-order valence-electron chi connectivity index (χ4n) is 3.54. The standard InChI is InChI=1S/C22H28N2O4S/c1-18-9-8-10-19(17-18)28-16-15-23(2)22(25)21-13-6-7-14-24(21)29(26,27)20-11-4-3-5-12-20/h3-5,8-12,17,21H,6-7,13-16H2,1-2H3. The van der Waals surface area contributed by atoms with Gasteiger partial charge in [0.1, 0.15) is 18.4 Å². The molecule has 1 atom stereocenters. The summed E-state index contributed by atoms with van der Waals surface area (Å²) in [6.45, 7) is 3.10. The molecule has 1 unspecified atom stereocenters. The van der Waals surface area contributed by atoms with Crippen LogP contribution in [-0.4, -0.2) is 56.3 Å². The molecular weight excluding hydrogens is 388 g/mol. The summed E-state index contributed by atoms with van der Waals surface area (Å²) in [4.78, 5) is 14.8. The first-order chi connectivity index (χ1) is 13.9. The number of hydrogen-bond donors (Lipinski definition) is 0. The predicted molar refractivity (Wildman–Crippen MR) is 112 cm³/mol. The first-order valence-electron chi connectivity index (χ1n) is 9.91. The molecule has 1 fully saturated rings. The third kappa shape index (κ3) is 5.16. The van der Waals surface area contributed by atoms with E-state index < -0.39 is 16.1 Å². The van der Waals surface area contributed by atoms with Gasteiger partial charge in [-0.3, -0.25) is 4.79 Å². The SMILES string of the molecule is Cc1cccc(OCCN(C)C(=O)C2CCCCN2S(=O)(=O)c2ccccc2)c1. The van der Waals surface area contributed by atoms with Crippen LogP contribution >= 0.6 is 0 Å². The number of nitrogens with zero attached hydrogens (tertiary/aromatic N) is 2. The number of hydrogen-bond acceptors (Lipinski definition) is 4. The molecule has 0 spiro atoms. The number of benzene rings is 2. The maximum Gasteiger partial charge on any atom is 0.243 e. The number of rotatable bonds is 7. The zero-order valence-electron chi connectivity index (χ0n) is 17.0. The molecule has 1 heterocycles. The Balaban J connectivity index is 1.65. The lowest BCUT2D eigenvalue weighted by molar-refractivity contribution is -0.135. The van der Waals surface area contributed by atoms with Crippen LogP contribution in [0.4, 0.5) is 0 Å². The van der Waals surface area contributed by atoms with E-state index in [1.807, 2.05) is 31.2 Å². The Morgan fingerprint density at radius 3 is 2.62 bits per heavy atom. The lowest BCUT2D eigenvalue weighted by Gasteiger charge is -2.35. The molecule has 156 valence electrons. The Morgan fingerprint density at radius 1 is 1.14 bits per heavy atom. The average Bonchev–Trinajstić information content (AvgIpc) is 2.74. The highest BCUT2D eigenvalue weighted by Crippen LogP contribution is 2.26. The fraction of sp³-hybridized carbons (Fsp3) is 0.409. The maximum atomic E-state index is 13.1. The smallest absolute Gasteiger partial charge is 0.243 e. The van der Waals surface area contributed by atoms with Gasteiger partial charge in [0.25, 0.3) is 0 Å². The van der Waals surface area contributed by atoms with Crippen molar-refractivity contribution in [2.75, 3.05) is 26.7 Å². The molecule has 1 aliphatic heterocycles. The second kappa shape index (κ2) is 9.41. The van der Waals surface area contributed by atoms with Gasteiger partial charge in [0, 0.05) is 13.6 Å². The second-order valence-electron chi connectivity index (χ2n) is 7.37. The van der Waals surface area contributed by atoms with E-state index in [2.05, 4.69) is 0 Å². The Hall–Kier alpha value is -2.38. The average molecular weight is 417 g/mol. The van der Waals surface area contributed by atoms with Gasteiger partial charge in [0.05, 0.1) is 11.4 Å². The molecule has 0 saturated carbocycles. The Bertz CT molecular complexity index is 931. The van der Waals surface area contributed by atoms with Crippen molar-refractivity contribution in [3.63, 3.8) is 0 Å². The van der Waals surface area contributed by atoms with Gasteiger partial charge in [-0.1, -0.05) is 36.8 Å². The van der Waals surface area contributed by atoms with Crippen LogP contribution in [0.3, 0.4) is 0 Å². The second-order valence-corrected chi connectivity index (χ2v) is 9.26. The molecule has 6 nitrogen and oxygen atoms in total. The first kappa shape index (κ1) is 21.3. The molecular formula is C22H28N2O4S. The normalized spacial score (nSPS) is 17.7. The van der Waals surface area contributed by atoms with Gasteiger partial charge in [0.15, 0.2) is 0 Å². The van der Waals surface area contributed by atoms with Gasteiger partial charge in [-0.15, -0.1) is 0 Å². The third-order valence-corrected chi connectivity index (χ3v) is 7.07. The number of ether oxygens (including phenoxy) is 1. The summed E-state index contributed by atoms with van der Waals surface area (Å²) in [6.07, 6.45) is 2.13. The number of amides is 1. The third-order valence-electron chi connectivity index (χ3n) is 5.15. The zero-order chi connectivity index (χ0) is 20.9. The van der Waals surface area contributed by atoms with Crippen LogP contribution in [0.15, 0.2) is 59.5 Å². The van der Waals surface area contributed by atoms with E-state index in [1.54, 1.807) is 42.3 Å². The monoisotopic (exact) mass is 416 g/mol. The highest BCUT2D eigenvalue weighted by Gasteiger charge is 2.38. The van der Waals surface area contributed by atoms with Gasteiger partial charge in [0.2, 0.25) is 15.9 Å². The molecule has 3 rings (SSSR count). The van der Waals surface area contributed by atoms with E-state index in [4.69, 9.17) is 4.74 Å². The number of carbonyl (C=O) groups is 1. The lowest BCUT2D eigenvalue weighted by atomic mass is 10.0. The van der Waals surface area contributed by atoms with E-state index in [-0.39, 0.29) is 10.8 Å². The molecule has 0 aliphatic carbocycles. The minimum atomic E-state index is -3.70. The van der Waals surface area contributed by atoms with E-state index in [0.29, 0.717) is 26.1 Å². The van der Waals surface area contributed by atoms with E-state index in [9.17, 15) is 13.2 Å². The van der Waals surface area contributed by atoms with Crippen molar-refractivity contribution >= 4 is 15.9 Å². The van der Waals surface area contributed by atoms with Gasteiger partial charge < -0.3 is 9.64 Å². The highest BCUT2D eigenvalue weighted by atomic mass is 32.2. The Labute approximate surface area is 173 Å². The molecule has 0 bridgehead atoms. The van der Waals surface area contributed by atoms with Gasteiger partial charge >= 0.3 is 0 Å². The van der Waals surface area contributed by atoms with Crippen LogP contribution in [0.1, 0.15) is 24.8 Å². The van der Waals surface area contributed by atoms with Crippen LogP contribution in [-0.2, 0) is 14.8 Å². The molecule has 1 aliphatic rings. The van der Waals surface area contributed by atoms with Crippen LogP contribution in [0.25, 0.3) is 0 Å². The molecule has 0 radical (unpaired) electrons. The van der Waals surface area contributed by atoms with Crippen molar-refractivity contribution in [1.29, 1.82) is 0 Å². The van der Waals surface area contributed by atoms with Crippen molar-refractivity contribution in [1.82, 2.24) is 9.21 Å². The molecule has 2 aromatic carbocycles.